The molecule has 3 heterocycles. The number of Topliss-reactive ketones (excluding diaryl/α,β-unsaturated/α-hetero) is 1. The number of ketones is 1. The number of benzene rings is 1. The van der Waals surface area contributed by atoms with E-state index in [9.17, 15) is 14.7 Å². The Labute approximate surface area is 178 Å². The number of thiophene rings is 1. The van der Waals surface area contributed by atoms with E-state index in [4.69, 9.17) is 9.15 Å². The third-order valence-electron chi connectivity index (χ3n) is 5.01. The van der Waals surface area contributed by atoms with Gasteiger partial charge in [-0.1, -0.05) is 12.1 Å². The lowest BCUT2D eigenvalue weighted by atomic mass is 9.98. The van der Waals surface area contributed by atoms with Gasteiger partial charge in [-0.25, -0.2) is 0 Å². The Morgan fingerprint density at radius 3 is 2.73 bits per heavy atom. The Bertz CT molecular complexity index is 1110. The van der Waals surface area contributed by atoms with Gasteiger partial charge in [-0.2, -0.15) is 0 Å². The van der Waals surface area contributed by atoms with Crippen LogP contribution in [0.1, 0.15) is 34.7 Å². The Morgan fingerprint density at radius 2 is 2.07 bits per heavy atom. The van der Waals surface area contributed by atoms with Crippen LogP contribution in [0.4, 0.5) is 0 Å². The number of ether oxygens (including phenoxy) is 1. The molecule has 1 saturated heterocycles. The van der Waals surface area contributed by atoms with Gasteiger partial charge < -0.3 is 19.2 Å². The van der Waals surface area contributed by atoms with Crippen molar-refractivity contribution in [2.24, 2.45) is 0 Å². The second kappa shape index (κ2) is 8.20. The molecule has 0 saturated carbocycles. The Hall–Kier alpha value is -3.32. The van der Waals surface area contributed by atoms with Crippen LogP contribution < -0.4 is 4.74 Å². The highest BCUT2D eigenvalue weighted by Crippen LogP contribution is 2.43. The highest BCUT2D eigenvalue weighted by Gasteiger charge is 2.47. The summed E-state index contributed by atoms with van der Waals surface area (Å²) in [5.74, 6) is -0.440. The zero-order valence-electron chi connectivity index (χ0n) is 16.6. The number of rotatable bonds is 6. The molecule has 4 rings (SSSR count). The predicted molar refractivity (Wildman–Crippen MR) is 113 cm³/mol. The smallest absolute Gasteiger partial charge is 0.296 e. The zero-order chi connectivity index (χ0) is 21.3. The van der Waals surface area contributed by atoms with E-state index in [1.54, 1.807) is 36.4 Å². The standard InChI is InChI=1S/C23H21NO5S/c1-3-28-16-7-4-6-15(12-16)20(25)18-19(22-14(2)9-11-30-22)24(23(27)21(18)26)13-17-8-5-10-29-17/h4-12,19,25H,3,13H2,1-2H3/b20-18-. The molecule has 1 aromatic carbocycles. The van der Waals surface area contributed by atoms with E-state index in [1.165, 1.54) is 22.5 Å². The fourth-order valence-corrected chi connectivity index (χ4v) is 4.65. The molecule has 0 spiro atoms. The average molecular weight is 423 g/mol. The highest BCUT2D eigenvalue weighted by atomic mass is 32.1. The SMILES string of the molecule is CCOc1cccc(/C(O)=C2/C(=O)C(=O)N(Cc3ccco3)C2c2sccc2C)c1. The number of carbonyl (C=O) groups excluding carboxylic acids is 2. The third kappa shape index (κ3) is 3.52. The van der Waals surface area contributed by atoms with Gasteiger partial charge in [0.15, 0.2) is 0 Å². The lowest BCUT2D eigenvalue weighted by Crippen LogP contribution is -2.28. The molecule has 7 heteroatoms. The van der Waals surface area contributed by atoms with Crippen LogP contribution in [0.5, 0.6) is 5.75 Å². The van der Waals surface area contributed by atoms with Gasteiger partial charge in [-0.05, 0) is 55.1 Å². The van der Waals surface area contributed by atoms with Crippen LogP contribution in [0, 0.1) is 6.92 Å². The molecule has 1 amide bonds. The lowest BCUT2D eigenvalue weighted by Gasteiger charge is -2.24. The Morgan fingerprint density at radius 1 is 1.23 bits per heavy atom. The molecule has 1 fully saturated rings. The normalized spacial score (nSPS) is 18.2. The van der Waals surface area contributed by atoms with Gasteiger partial charge in [0.1, 0.15) is 23.3 Å². The molecule has 0 aliphatic carbocycles. The van der Waals surface area contributed by atoms with Crippen molar-refractivity contribution >= 4 is 28.8 Å². The summed E-state index contributed by atoms with van der Waals surface area (Å²) in [6.07, 6.45) is 1.52. The van der Waals surface area contributed by atoms with E-state index in [-0.39, 0.29) is 17.9 Å². The molecule has 30 heavy (non-hydrogen) atoms. The fraction of sp³-hybridized carbons (Fsp3) is 0.217. The van der Waals surface area contributed by atoms with Gasteiger partial charge in [0.05, 0.1) is 25.0 Å². The maximum atomic E-state index is 13.0. The zero-order valence-corrected chi connectivity index (χ0v) is 17.4. The maximum absolute atomic E-state index is 13.0. The van der Waals surface area contributed by atoms with Crippen molar-refractivity contribution in [2.75, 3.05) is 6.61 Å². The van der Waals surface area contributed by atoms with Crippen LogP contribution in [0.2, 0.25) is 0 Å². The summed E-state index contributed by atoms with van der Waals surface area (Å²) >= 11 is 1.45. The molecule has 3 aromatic rings. The molecule has 1 unspecified atom stereocenters. The summed E-state index contributed by atoms with van der Waals surface area (Å²) in [5.41, 5.74) is 1.45. The second-order valence-corrected chi connectivity index (χ2v) is 7.88. The minimum absolute atomic E-state index is 0.0748. The van der Waals surface area contributed by atoms with Crippen LogP contribution >= 0.6 is 11.3 Å². The Kier molecular flexibility index (Phi) is 5.46. The van der Waals surface area contributed by atoms with Crippen LogP contribution in [-0.4, -0.2) is 28.3 Å². The van der Waals surface area contributed by atoms with Crippen LogP contribution in [0.3, 0.4) is 0 Å². The number of aliphatic hydroxyl groups excluding tert-OH is 1. The molecule has 1 atom stereocenters. The van der Waals surface area contributed by atoms with Gasteiger partial charge >= 0.3 is 0 Å². The van der Waals surface area contributed by atoms with Crippen molar-refractivity contribution < 1.29 is 23.8 Å². The summed E-state index contributed by atoms with van der Waals surface area (Å²) in [4.78, 5) is 28.2. The van der Waals surface area contributed by atoms with Crippen molar-refractivity contribution in [1.29, 1.82) is 0 Å². The molecule has 6 nitrogen and oxygen atoms in total. The van der Waals surface area contributed by atoms with Crippen molar-refractivity contribution in [3.05, 3.63) is 81.4 Å². The lowest BCUT2D eigenvalue weighted by molar-refractivity contribution is -0.140. The van der Waals surface area contributed by atoms with Gasteiger partial charge in [0.2, 0.25) is 0 Å². The number of likely N-dealkylation sites (tertiary alicyclic amines) is 1. The molecule has 2 aromatic heterocycles. The van der Waals surface area contributed by atoms with E-state index in [1.807, 2.05) is 25.3 Å². The molecular weight excluding hydrogens is 402 g/mol. The molecule has 0 radical (unpaired) electrons. The molecular formula is C23H21NO5S. The third-order valence-corrected chi connectivity index (χ3v) is 6.09. The van der Waals surface area contributed by atoms with E-state index in [0.29, 0.717) is 23.7 Å². The van der Waals surface area contributed by atoms with Crippen LogP contribution in [0.25, 0.3) is 5.76 Å². The number of hydrogen-bond donors (Lipinski definition) is 1. The first-order valence-corrected chi connectivity index (χ1v) is 10.5. The van der Waals surface area contributed by atoms with Crippen molar-refractivity contribution in [2.45, 2.75) is 26.4 Å². The number of aryl methyl sites for hydroxylation is 1. The summed E-state index contributed by atoms with van der Waals surface area (Å²) < 4.78 is 10.9. The summed E-state index contributed by atoms with van der Waals surface area (Å²) in [7, 11) is 0. The van der Waals surface area contributed by atoms with Gasteiger partial charge in [0, 0.05) is 10.4 Å². The van der Waals surface area contributed by atoms with Gasteiger partial charge in [-0.3, -0.25) is 9.59 Å². The van der Waals surface area contributed by atoms with E-state index in [0.717, 1.165) is 10.4 Å². The first-order chi connectivity index (χ1) is 14.5. The minimum Gasteiger partial charge on any atom is -0.507 e. The number of nitrogens with zero attached hydrogens (tertiary/aromatic N) is 1. The quantitative estimate of drug-likeness (QED) is 0.354. The van der Waals surface area contributed by atoms with Crippen molar-refractivity contribution in [3.63, 3.8) is 0 Å². The fourth-order valence-electron chi connectivity index (χ4n) is 3.61. The number of aliphatic hydroxyl groups is 1. The van der Waals surface area contributed by atoms with E-state index < -0.39 is 17.7 Å². The summed E-state index contributed by atoms with van der Waals surface area (Å²) in [6, 6.07) is 11.6. The number of carbonyl (C=O) groups is 2. The summed E-state index contributed by atoms with van der Waals surface area (Å²) in [5, 5.41) is 13.0. The van der Waals surface area contributed by atoms with Crippen LogP contribution in [0.15, 0.2) is 64.1 Å². The summed E-state index contributed by atoms with van der Waals surface area (Å²) in [6.45, 7) is 4.41. The first-order valence-electron chi connectivity index (χ1n) is 9.59. The molecule has 154 valence electrons. The van der Waals surface area contributed by atoms with Gasteiger partial charge in [0.25, 0.3) is 11.7 Å². The first kappa shape index (κ1) is 20.0. The maximum Gasteiger partial charge on any atom is 0.296 e. The van der Waals surface area contributed by atoms with Gasteiger partial charge in [-0.15, -0.1) is 11.3 Å². The second-order valence-electron chi connectivity index (χ2n) is 6.94. The largest absolute Gasteiger partial charge is 0.507 e. The Balaban J connectivity index is 1.85. The van der Waals surface area contributed by atoms with Crippen LogP contribution in [-0.2, 0) is 16.1 Å². The molecule has 1 N–H and O–H groups in total. The van der Waals surface area contributed by atoms with Crippen molar-refractivity contribution in [1.82, 2.24) is 4.90 Å². The topological polar surface area (TPSA) is 80.0 Å². The minimum atomic E-state index is -0.710. The predicted octanol–water partition coefficient (Wildman–Crippen LogP) is 4.67. The van der Waals surface area contributed by atoms with E-state index >= 15 is 0 Å². The highest BCUT2D eigenvalue weighted by molar-refractivity contribution is 7.10. The monoisotopic (exact) mass is 423 g/mol. The van der Waals surface area contributed by atoms with Crippen molar-refractivity contribution in [3.8, 4) is 5.75 Å². The number of hydrogen-bond acceptors (Lipinski definition) is 6. The number of furan rings is 1. The average Bonchev–Trinajstić information content (AvgIpc) is 3.45. The number of amides is 1. The van der Waals surface area contributed by atoms with E-state index in [2.05, 4.69) is 0 Å². The molecule has 0 bridgehead atoms. The molecule has 1 aliphatic heterocycles. The molecule has 1 aliphatic rings.